The second-order valence-electron chi connectivity index (χ2n) is 1.90. The molecule has 0 saturated heterocycles. The van der Waals surface area contributed by atoms with Crippen LogP contribution in [0.15, 0.2) is 24.3 Å². The first-order valence-electron chi connectivity index (χ1n) is 3.02. The van der Waals surface area contributed by atoms with Gasteiger partial charge < -0.3 is 4.74 Å². The molecule has 0 aliphatic heterocycles. The molecule has 0 saturated carbocycles. The van der Waals surface area contributed by atoms with E-state index in [1.807, 2.05) is 0 Å². The molecule has 0 heterocycles. The molecule has 0 amide bonds. The number of ether oxygens (including phenoxy) is 1. The predicted molar refractivity (Wildman–Crippen MR) is 46.1 cm³/mol. The fraction of sp³-hybridized carbons (Fsp3) is 0. The van der Waals surface area contributed by atoms with Crippen LogP contribution >= 0.6 is 12.2 Å². The lowest BCUT2D eigenvalue weighted by Crippen LogP contribution is -1.86. The average Bonchev–Trinajstić information content (AvgIpc) is 2.07. The van der Waals surface area contributed by atoms with Crippen LogP contribution in [0.1, 0.15) is 10.4 Å². The number of aldehydes is 1. The van der Waals surface area contributed by atoms with Gasteiger partial charge in [-0.05, 0) is 36.5 Å². The zero-order chi connectivity index (χ0) is 8.10. The summed E-state index contributed by atoms with van der Waals surface area (Å²) in [7, 11) is 0. The maximum atomic E-state index is 10.2. The van der Waals surface area contributed by atoms with Gasteiger partial charge in [0.2, 0.25) is 0 Å². The molecule has 0 unspecified atom stereocenters. The van der Waals surface area contributed by atoms with Gasteiger partial charge >= 0.3 is 0 Å². The predicted octanol–water partition coefficient (Wildman–Crippen LogP) is 1.84. The number of hydrogen-bond acceptors (Lipinski definition) is 3. The van der Waals surface area contributed by atoms with E-state index >= 15 is 0 Å². The molecular weight excluding hydrogens is 160 g/mol. The number of benzene rings is 1. The van der Waals surface area contributed by atoms with Crippen molar-refractivity contribution < 1.29 is 9.53 Å². The highest BCUT2D eigenvalue weighted by Gasteiger charge is 1.90. The van der Waals surface area contributed by atoms with Gasteiger partial charge in [-0.15, -0.1) is 0 Å². The molecule has 2 nitrogen and oxygen atoms in total. The third-order valence-corrected chi connectivity index (χ3v) is 1.30. The fourth-order valence-corrected chi connectivity index (χ4v) is 0.792. The Morgan fingerprint density at radius 2 is 1.91 bits per heavy atom. The first kappa shape index (κ1) is 7.88. The van der Waals surface area contributed by atoms with Crippen molar-refractivity contribution in [2.75, 3.05) is 0 Å². The summed E-state index contributed by atoms with van der Waals surface area (Å²) in [5, 5.41) is 0. The molecule has 1 rings (SSSR count). The summed E-state index contributed by atoms with van der Waals surface area (Å²) in [6.07, 6.45) is 0.779. The monoisotopic (exact) mass is 166 g/mol. The first-order chi connectivity index (χ1) is 5.36. The Labute approximate surface area is 69.8 Å². The van der Waals surface area contributed by atoms with Crippen LogP contribution in [0.5, 0.6) is 5.75 Å². The molecule has 0 aromatic heterocycles. The van der Waals surface area contributed by atoms with Crippen molar-refractivity contribution in [1.82, 2.24) is 0 Å². The number of rotatable bonds is 3. The van der Waals surface area contributed by atoms with Crippen LogP contribution in [-0.4, -0.2) is 11.8 Å². The Morgan fingerprint density at radius 1 is 1.27 bits per heavy atom. The molecule has 11 heavy (non-hydrogen) atoms. The van der Waals surface area contributed by atoms with Crippen molar-refractivity contribution in [3.8, 4) is 5.75 Å². The van der Waals surface area contributed by atoms with E-state index in [0.29, 0.717) is 11.3 Å². The summed E-state index contributed by atoms with van der Waals surface area (Å²) in [4.78, 5) is 10.2. The quantitative estimate of drug-likeness (QED) is 0.506. The van der Waals surface area contributed by atoms with Crippen LogP contribution in [0.2, 0.25) is 0 Å². The molecule has 0 spiro atoms. The van der Waals surface area contributed by atoms with Gasteiger partial charge in [0, 0.05) is 5.56 Å². The van der Waals surface area contributed by atoms with Crippen LogP contribution in [0.3, 0.4) is 0 Å². The van der Waals surface area contributed by atoms with Gasteiger partial charge in [0.1, 0.15) is 12.0 Å². The van der Waals surface area contributed by atoms with Crippen molar-refractivity contribution in [2.45, 2.75) is 0 Å². The molecule has 0 fully saturated rings. The molecule has 0 N–H and O–H groups in total. The molecule has 56 valence electrons. The highest BCUT2D eigenvalue weighted by atomic mass is 32.1. The van der Waals surface area contributed by atoms with Gasteiger partial charge in [0.05, 0.1) is 0 Å². The zero-order valence-electron chi connectivity index (χ0n) is 5.69. The minimum Gasteiger partial charge on any atom is -0.454 e. The Balaban J connectivity index is 2.81. The second-order valence-corrected chi connectivity index (χ2v) is 2.09. The van der Waals surface area contributed by atoms with Crippen molar-refractivity contribution in [3.05, 3.63) is 29.8 Å². The maximum absolute atomic E-state index is 10.2. The topological polar surface area (TPSA) is 26.3 Å². The zero-order valence-corrected chi connectivity index (χ0v) is 6.51. The van der Waals surface area contributed by atoms with E-state index in [-0.39, 0.29) is 0 Å². The van der Waals surface area contributed by atoms with E-state index in [9.17, 15) is 4.79 Å². The summed E-state index contributed by atoms with van der Waals surface area (Å²) in [6, 6.07) is 6.71. The van der Waals surface area contributed by atoms with Crippen LogP contribution < -0.4 is 4.74 Å². The first-order valence-corrected chi connectivity index (χ1v) is 3.49. The average molecular weight is 166 g/mol. The molecule has 0 atom stereocenters. The van der Waals surface area contributed by atoms with Crippen molar-refractivity contribution in [2.24, 2.45) is 0 Å². The van der Waals surface area contributed by atoms with Crippen molar-refractivity contribution in [3.63, 3.8) is 0 Å². The molecule has 1 aromatic rings. The molecule has 0 radical (unpaired) electrons. The molecule has 3 heteroatoms. The third kappa shape index (κ3) is 2.13. The van der Waals surface area contributed by atoms with Crippen LogP contribution in [0, 0.1) is 0 Å². The third-order valence-electron chi connectivity index (χ3n) is 1.20. The number of carbonyl (C=O) groups excluding carboxylic acids is 1. The summed E-state index contributed by atoms with van der Waals surface area (Å²) in [5.41, 5.74) is 1.80. The lowest BCUT2D eigenvalue weighted by atomic mass is 10.2. The van der Waals surface area contributed by atoms with E-state index in [4.69, 9.17) is 4.74 Å². The smallest absolute Gasteiger partial charge is 0.154 e. The summed E-state index contributed by atoms with van der Waals surface area (Å²) in [6.45, 7) is 0. The normalized spacial score (nSPS) is 8.73. The molecule has 1 aromatic carbocycles. The molecule has 0 aliphatic carbocycles. The van der Waals surface area contributed by atoms with Gasteiger partial charge in [-0.2, -0.15) is 0 Å². The summed E-state index contributed by atoms with van der Waals surface area (Å²) < 4.78 is 4.88. The van der Waals surface area contributed by atoms with Crippen LogP contribution in [-0.2, 0) is 0 Å². The van der Waals surface area contributed by atoms with Gasteiger partial charge in [-0.3, -0.25) is 4.79 Å². The minimum absolute atomic E-state index is 0.627. The van der Waals surface area contributed by atoms with E-state index < -0.39 is 0 Å². The molecule has 0 bridgehead atoms. The van der Waals surface area contributed by atoms with Crippen LogP contribution in [0.25, 0.3) is 0 Å². The van der Waals surface area contributed by atoms with Gasteiger partial charge in [0.15, 0.2) is 5.55 Å². The van der Waals surface area contributed by atoms with Gasteiger partial charge in [-0.25, -0.2) is 0 Å². The van der Waals surface area contributed by atoms with E-state index in [0.717, 1.165) is 6.29 Å². The van der Waals surface area contributed by atoms with E-state index in [1.165, 1.54) is 5.55 Å². The number of thiocarbonyl (C=S) groups is 1. The number of hydrogen-bond donors (Lipinski definition) is 0. The Morgan fingerprint density at radius 3 is 2.36 bits per heavy atom. The largest absolute Gasteiger partial charge is 0.454 e. The van der Waals surface area contributed by atoms with Gasteiger partial charge in [-0.1, -0.05) is 0 Å². The van der Waals surface area contributed by atoms with Crippen LogP contribution in [0.4, 0.5) is 0 Å². The Hall–Kier alpha value is -1.22. The standard InChI is InChI=1S/C8H6O2S/c9-5-7-1-3-8(4-2-7)10-6-11/h1-6H. The Kier molecular flexibility index (Phi) is 2.74. The fourth-order valence-electron chi connectivity index (χ4n) is 0.681. The second kappa shape index (κ2) is 3.83. The van der Waals surface area contributed by atoms with E-state index in [2.05, 4.69) is 12.2 Å². The van der Waals surface area contributed by atoms with E-state index in [1.54, 1.807) is 24.3 Å². The van der Waals surface area contributed by atoms with Crippen molar-refractivity contribution >= 4 is 24.1 Å². The highest BCUT2D eigenvalue weighted by Crippen LogP contribution is 2.09. The Bertz CT molecular complexity index is 253. The number of carbonyl (C=O) groups is 1. The SMILES string of the molecule is O=Cc1ccc(OC=S)cc1. The minimum atomic E-state index is 0.627. The molecular formula is C8H6O2S. The highest BCUT2D eigenvalue weighted by molar-refractivity contribution is 7.78. The maximum Gasteiger partial charge on any atom is 0.154 e. The molecule has 0 aliphatic rings. The summed E-state index contributed by atoms with van der Waals surface area (Å²) in [5.74, 6) is 0.644. The van der Waals surface area contributed by atoms with Gasteiger partial charge in [0.25, 0.3) is 0 Å². The lowest BCUT2D eigenvalue weighted by molar-refractivity contribution is 0.112. The lowest BCUT2D eigenvalue weighted by Gasteiger charge is -1.96. The van der Waals surface area contributed by atoms with Crippen molar-refractivity contribution in [1.29, 1.82) is 0 Å². The summed E-state index contributed by atoms with van der Waals surface area (Å²) >= 11 is 4.48.